The lowest BCUT2D eigenvalue weighted by Crippen LogP contribution is -2.14. The fourth-order valence-corrected chi connectivity index (χ4v) is 3.55. The van der Waals surface area contributed by atoms with Gasteiger partial charge in [-0.25, -0.2) is 0 Å². The van der Waals surface area contributed by atoms with Crippen molar-refractivity contribution in [3.05, 3.63) is 71.3 Å². The molecule has 0 aliphatic rings. The summed E-state index contributed by atoms with van der Waals surface area (Å²) >= 11 is 4.68. The fraction of sp³-hybridized carbons (Fsp3) is 0.105. The summed E-state index contributed by atoms with van der Waals surface area (Å²) in [6, 6.07) is 14.7. The minimum absolute atomic E-state index is 0.126. The van der Waals surface area contributed by atoms with Crippen molar-refractivity contribution in [3.63, 3.8) is 0 Å². The monoisotopic (exact) mass is 458 g/mol. The SMILES string of the molecule is O=C(CSc1nnc(-c2ccco2)n1Cc1ccco1)Nc1ccc(Br)cc1. The van der Waals surface area contributed by atoms with Gasteiger partial charge in [0, 0.05) is 10.2 Å². The summed E-state index contributed by atoms with van der Waals surface area (Å²) in [7, 11) is 0. The molecule has 7 nitrogen and oxygen atoms in total. The van der Waals surface area contributed by atoms with Crippen molar-refractivity contribution < 1.29 is 13.6 Å². The molecule has 0 saturated heterocycles. The lowest BCUT2D eigenvalue weighted by atomic mass is 10.3. The first kappa shape index (κ1) is 18.6. The topological polar surface area (TPSA) is 86.1 Å². The molecule has 0 atom stereocenters. The van der Waals surface area contributed by atoms with Crippen molar-refractivity contribution in [2.75, 3.05) is 11.1 Å². The maximum absolute atomic E-state index is 12.3. The maximum atomic E-state index is 12.3. The number of amides is 1. The van der Waals surface area contributed by atoms with Gasteiger partial charge in [-0.2, -0.15) is 0 Å². The van der Waals surface area contributed by atoms with Crippen molar-refractivity contribution >= 4 is 39.3 Å². The molecule has 1 amide bonds. The largest absolute Gasteiger partial charge is 0.467 e. The Morgan fingerprint density at radius 1 is 1.07 bits per heavy atom. The molecule has 9 heteroatoms. The maximum Gasteiger partial charge on any atom is 0.234 e. The Morgan fingerprint density at radius 3 is 2.57 bits per heavy atom. The number of aromatic nitrogens is 3. The molecule has 0 spiro atoms. The summed E-state index contributed by atoms with van der Waals surface area (Å²) in [5.41, 5.74) is 0.738. The number of thioether (sulfide) groups is 1. The van der Waals surface area contributed by atoms with Crippen molar-refractivity contribution in [1.82, 2.24) is 14.8 Å². The van der Waals surface area contributed by atoms with Crippen LogP contribution in [-0.4, -0.2) is 26.4 Å². The third-order valence-corrected chi connectivity index (χ3v) is 5.31. The Kier molecular flexibility index (Phi) is 5.63. The number of rotatable bonds is 7. The number of carbonyl (C=O) groups excluding carboxylic acids is 1. The van der Waals surface area contributed by atoms with Crippen LogP contribution in [0.15, 0.2) is 79.5 Å². The Hall–Kier alpha value is -2.78. The quantitative estimate of drug-likeness (QED) is 0.404. The molecule has 0 fully saturated rings. The smallest absolute Gasteiger partial charge is 0.234 e. The van der Waals surface area contributed by atoms with E-state index in [0.717, 1.165) is 15.9 Å². The van der Waals surface area contributed by atoms with E-state index >= 15 is 0 Å². The van der Waals surface area contributed by atoms with Gasteiger partial charge in [0.2, 0.25) is 11.7 Å². The molecule has 1 aromatic carbocycles. The third kappa shape index (κ3) is 4.37. The van der Waals surface area contributed by atoms with Crippen LogP contribution in [-0.2, 0) is 11.3 Å². The number of nitrogens with one attached hydrogen (secondary N) is 1. The molecule has 4 rings (SSSR count). The van der Waals surface area contributed by atoms with E-state index in [1.807, 2.05) is 47.0 Å². The molecule has 0 aliphatic carbocycles. The highest BCUT2D eigenvalue weighted by atomic mass is 79.9. The zero-order valence-electron chi connectivity index (χ0n) is 14.5. The van der Waals surface area contributed by atoms with Crippen LogP contribution in [0.1, 0.15) is 5.76 Å². The molecule has 0 aliphatic heterocycles. The van der Waals surface area contributed by atoms with Gasteiger partial charge in [-0.3, -0.25) is 9.36 Å². The molecule has 3 heterocycles. The summed E-state index contributed by atoms with van der Waals surface area (Å²) in [6.45, 7) is 0.437. The van der Waals surface area contributed by atoms with Crippen molar-refractivity contribution in [2.24, 2.45) is 0 Å². The number of hydrogen-bond acceptors (Lipinski definition) is 6. The normalized spacial score (nSPS) is 10.9. The molecular formula is C19H15BrN4O3S. The highest BCUT2D eigenvalue weighted by Crippen LogP contribution is 2.26. The highest BCUT2D eigenvalue weighted by Gasteiger charge is 2.18. The predicted molar refractivity (Wildman–Crippen MR) is 109 cm³/mol. The van der Waals surface area contributed by atoms with Crippen LogP contribution in [0.5, 0.6) is 0 Å². The van der Waals surface area contributed by atoms with Gasteiger partial charge in [0.1, 0.15) is 5.76 Å². The van der Waals surface area contributed by atoms with Crippen molar-refractivity contribution in [1.29, 1.82) is 0 Å². The predicted octanol–water partition coefficient (Wildman–Crippen LogP) is 4.67. The second kappa shape index (κ2) is 8.49. The minimum Gasteiger partial charge on any atom is -0.467 e. The molecule has 28 heavy (non-hydrogen) atoms. The van der Waals surface area contributed by atoms with Crippen molar-refractivity contribution in [2.45, 2.75) is 11.7 Å². The summed E-state index contributed by atoms with van der Waals surface area (Å²) < 4.78 is 13.7. The van der Waals surface area contributed by atoms with E-state index in [-0.39, 0.29) is 11.7 Å². The highest BCUT2D eigenvalue weighted by molar-refractivity contribution is 9.10. The van der Waals surface area contributed by atoms with Gasteiger partial charge >= 0.3 is 0 Å². The number of nitrogens with zero attached hydrogens (tertiary/aromatic N) is 3. The summed E-state index contributed by atoms with van der Waals surface area (Å²) in [6.07, 6.45) is 3.20. The van der Waals surface area contributed by atoms with E-state index in [1.165, 1.54) is 11.8 Å². The number of carbonyl (C=O) groups is 1. The fourth-order valence-electron chi connectivity index (χ4n) is 2.54. The van der Waals surface area contributed by atoms with Gasteiger partial charge in [0.05, 0.1) is 24.8 Å². The lowest BCUT2D eigenvalue weighted by Gasteiger charge is -2.08. The minimum atomic E-state index is -0.126. The molecular weight excluding hydrogens is 444 g/mol. The Bertz CT molecular complexity index is 1040. The van der Waals surface area contributed by atoms with Crippen LogP contribution in [0, 0.1) is 0 Å². The summed E-state index contributed by atoms with van der Waals surface area (Å²) in [5, 5.41) is 11.9. The van der Waals surface area contributed by atoms with Gasteiger partial charge in [-0.1, -0.05) is 27.7 Å². The van der Waals surface area contributed by atoms with Crippen LogP contribution in [0.2, 0.25) is 0 Å². The lowest BCUT2D eigenvalue weighted by molar-refractivity contribution is -0.113. The van der Waals surface area contributed by atoms with Crippen LogP contribution in [0.25, 0.3) is 11.6 Å². The molecule has 1 N–H and O–H groups in total. The molecule has 0 saturated carbocycles. The average Bonchev–Trinajstić information content (AvgIpc) is 3.44. The van der Waals surface area contributed by atoms with Gasteiger partial charge < -0.3 is 14.2 Å². The van der Waals surface area contributed by atoms with Gasteiger partial charge in [-0.15, -0.1) is 10.2 Å². The second-order valence-corrected chi connectivity index (χ2v) is 7.65. The van der Waals surface area contributed by atoms with Crippen molar-refractivity contribution in [3.8, 4) is 11.6 Å². The molecule has 142 valence electrons. The number of anilines is 1. The third-order valence-electron chi connectivity index (χ3n) is 3.81. The van der Waals surface area contributed by atoms with E-state index < -0.39 is 0 Å². The van der Waals surface area contributed by atoms with Crippen LogP contribution >= 0.6 is 27.7 Å². The second-order valence-electron chi connectivity index (χ2n) is 5.79. The average molecular weight is 459 g/mol. The summed E-state index contributed by atoms with van der Waals surface area (Å²) in [4.78, 5) is 12.3. The van der Waals surface area contributed by atoms with Crippen LogP contribution in [0.4, 0.5) is 5.69 Å². The molecule has 0 bridgehead atoms. The van der Waals surface area contributed by atoms with E-state index in [2.05, 4.69) is 31.4 Å². The first-order valence-corrected chi connectivity index (χ1v) is 10.1. The number of furan rings is 2. The molecule has 4 aromatic rings. The Labute approximate surface area is 173 Å². The number of halogens is 1. The zero-order valence-corrected chi connectivity index (χ0v) is 16.9. The summed E-state index contributed by atoms with van der Waals surface area (Å²) in [5.74, 6) is 2.01. The van der Waals surface area contributed by atoms with E-state index in [0.29, 0.717) is 23.3 Å². The van der Waals surface area contributed by atoms with E-state index in [1.54, 1.807) is 18.6 Å². The molecule has 0 radical (unpaired) electrons. The Balaban J connectivity index is 1.49. The number of hydrogen-bond donors (Lipinski definition) is 1. The first-order chi connectivity index (χ1) is 13.7. The number of benzene rings is 1. The first-order valence-electron chi connectivity index (χ1n) is 8.37. The zero-order chi connectivity index (χ0) is 19.3. The van der Waals surface area contributed by atoms with Gasteiger partial charge in [-0.05, 0) is 48.5 Å². The van der Waals surface area contributed by atoms with Crippen LogP contribution < -0.4 is 5.32 Å². The molecule has 3 aromatic heterocycles. The van der Waals surface area contributed by atoms with Gasteiger partial charge in [0.15, 0.2) is 10.9 Å². The Morgan fingerprint density at radius 2 is 1.86 bits per heavy atom. The van der Waals surface area contributed by atoms with E-state index in [9.17, 15) is 4.79 Å². The molecule has 0 unspecified atom stereocenters. The standard InChI is InChI=1S/C19H15BrN4O3S/c20-13-5-7-14(8-6-13)21-17(25)12-28-19-23-22-18(16-4-2-10-27-16)24(19)11-15-3-1-9-26-15/h1-10H,11-12H2,(H,21,25). The van der Waals surface area contributed by atoms with Gasteiger partial charge in [0.25, 0.3) is 0 Å². The van der Waals surface area contributed by atoms with E-state index in [4.69, 9.17) is 8.83 Å². The van der Waals surface area contributed by atoms with Crippen LogP contribution in [0.3, 0.4) is 0 Å².